The predicted octanol–water partition coefficient (Wildman–Crippen LogP) is 1.30. The first-order chi connectivity index (χ1) is 6.70. The number of nitrogens with zero attached hydrogens (tertiary/aromatic N) is 1. The molecular formula is C10H10N2OS. The van der Waals surface area contributed by atoms with Crippen LogP contribution < -0.4 is 10.2 Å². The lowest BCUT2D eigenvalue weighted by Gasteiger charge is -2.13. The maximum Gasteiger partial charge on any atom is 0.255 e. The van der Waals surface area contributed by atoms with Crippen molar-refractivity contribution in [1.29, 1.82) is 0 Å². The van der Waals surface area contributed by atoms with E-state index in [9.17, 15) is 4.79 Å². The molecule has 1 aromatic carbocycles. The van der Waals surface area contributed by atoms with Crippen LogP contribution in [0.25, 0.3) is 0 Å². The normalized spacial score (nSPS) is 21.2. The third-order valence-corrected chi connectivity index (χ3v) is 2.45. The van der Waals surface area contributed by atoms with Gasteiger partial charge >= 0.3 is 0 Å². The van der Waals surface area contributed by atoms with Gasteiger partial charge in [-0.05, 0) is 31.3 Å². The minimum atomic E-state index is -0.220. The van der Waals surface area contributed by atoms with Crippen LogP contribution in [-0.4, -0.2) is 17.1 Å². The Morgan fingerprint density at radius 2 is 2.00 bits per heavy atom. The largest absolute Gasteiger partial charge is 0.350 e. The Morgan fingerprint density at radius 3 is 2.50 bits per heavy atom. The molecule has 0 spiro atoms. The SMILES string of the molecule is CC1NC(=S)N(c2ccccc2)C1=O. The quantitative estimate of drug-likeness (QED) is 0.703. The number of rotatable bonds is 1. The van der Waals surface area contributed by atoms with Gasteiger partial charge in [0.05, 0.1) is 5.69 Å². The molecule has 1 aliphatic heterocycles. The number of benzene rings is 1. The van der Waals surface area contributed by atoms with Crippen LogP contribution in [0.15, 0.2) is 30.3 Å². The maximum atomic E-state index is 11.7. The molecule has 1 aromatic rings. The summed E-state index contributed by atoms with van der Waals surface area (Å²) in [5.41, 5.74) is 0.819. The summed E-state index contributed by atoms with van der Waals surface area (Å²) in [6.07, 6.45) is 0. The van der Waals surface area contributed by atoms with E-state index in [-0.39, 0.29) is 11.9 Å². The highest BCUT2D eigenvalue weighted by Gasteiger charge is 2.32. The van der Waals surface area contributed by atoms with Crippen molar-refractivity contribution in [2.75, 3.05) is 4.90 Å². The highest BCUT2D eigenvalue weighted by molar-refractivity contribution is 7.80. The monoisotopic (exact) mass is 206 g/mol. The molecule has 1 unspecified atom stereocenters. The van der Waals surface area contributed by atoms with Crippen LogP contribution in [0, 0.1) is 0 Å². The van der Waals surface area contributed by atoms with Crippen molar-refractivity contribution in [2.24, 2.45) is 0 Å². The van der Waals surface area contributed by atoms with Gasteiger partial charge in [-0.15, -0.1) is 0 Å². The fourth-order valence-electron chi connectivity index (χ4n) is 1.43. The summed E-state index contributed by atoms with van der Waals surface area (Å²) in [7, 11) is 0. The molecule has 0 saturated carbocycles. The van der Waals surface area contributed by atoms with Crippen molar-refractivity contribution in [3.63, 3.8) is 0 Å². The van der Waals surface area contributed by atoms with Crippen LogP contribution >= 0.6 is 12.2 Å². The van der Waals surface area contributed by atoms with E-state index in [0.717, 1.165) is 5.69 Å². The van der Waals surface area contributed by atoms with Gasteiger partial charge in [0, 0.05) is 0 Å². The molecule has 1 heterocycles. The van der Waals surface area contributed by atoms with Gasteiger partial charge in [-0.1, -0.05) is 18.2 Å². The molecule has 1 saturated heterocycles. The zero-order valence-electron chi connectivity index (χ0n) is 7.73. The number of hydrogen-bond acceptors (Lipinski definition) is 2. The molecule has 3 nitrogen and oxygen atoms in total. The molecule has 2 rings (SSSR count). The molecule has 1 fully saturated rings. The van der Waals surface area contributed by atoms with Gasteiger partial charge in [0.2, 0.25) is 0 Å². The lowest BCUT2D eigenvalue weighted by atomic mass is 10.3. The van der Waals surface area contributed by atoms with Gasteiger partial charge in [-0.2, -0.15) is 0 Å². The Labute approximate surface area is 87.7 Å². The average molecular weight is 206 g/mol. The molecule has 0 bridgehead atoms. The fourth-order valence-corrected chi connectivity index (χ4v) is 1.80. The van der Waals surface area contributed by atoms with E-state index in [2.05, 4.69) is 5.32 Å². The van der Waals surface area contributed by atoms with Gasteiger partial charge in [0.25, 0.3) is 5.91 Å². The minimum Gasteiger partial charge on any atom is -0.350 e. The molecule has 1 aliphatic rings. The number of thiocarbonyl (C=S) groups is 1. The predicted molar refractivity (Wildman–Crippen MR) is 59.1 cm³/mol. The summed E-state index contributed by atoms with van der Waals surface area (Å²) >= 11 is 5.07. The first kappa shape index (κ1) is 9.15. The highest BCUT2D eigenvalue weighted by atomic mass is 32.1. The number of para-hydroxylation sites is 1. The van der Waals surface area contributed by atoms with E-state index in [1.54, 1.807) is 6.92 Å². The zero-order valence-corrected chi connectivity index (χ0v) is 8.54. The molecule has 72 valence electrons. The first-order valence-electron chi connectivity index (χ1n) is 4.39. The van der Waals surface area contributed by atoms with Gasteiger partial charge in [-0.3, -0.25) is 9.69 Å². The summed E-state index contributed by atoms with van der Waals surface area (Å²) < 4.78 is 0. The van der Waals surface area contributed by atoms with E-state index in [1.807, 2.05) is 30.3 Å². The maximum absolute atomic E-state index is 11.7. The number of nitrogens with one attached hydrogen (secondary N) is 1. The Bertz CT molecular complexity index is 377. The van der Waals surface area contributed by atoms with Crippen LogP contribution in [0.3, 0.4) is 0 Å². The Balaban J connectivity index is 2.36. The highest BCUT2D eigenvalue weighted by Crippen LogP contribution is 2.18. The zero-order chi connectivity index (χ0) is 10.1. The van der Waals surface area contributed by atoms with Crippen LogP contribution in [0.2, 0.25) is 0 Å². The van der Waals surface area contributed by atoms with Crippen LogP contribution in [0.1, 0.15) is 6.92 Å². The van der Waals surface area contributed by atoms with Crippen molar-refractivity contribution in [2.45, 2.75) is 13.0 Å². The van der Waals surface area contributed by atoms with E-state index < -0.39 is 0 Å². The topological polar surface area (TPSA) is 32.3 Å². The van der Waals surface area contributed by atoms with E-state index in [1.165, 1.54) is 4.90 Å². The second kappa shape index (κ2) is 3.38. The van der Waals surface area contributed by atoms with Crippen molar-refractivity contribution < 1.29 is 4.79 Å². The Hall–Kier alpha value is -1.42. The summed E-state index contributed by atoms with van der Waals surface area (Å²) in [5.74, 6) is 0.00111. The molecule has 0 radical (unpaired) electrons. The molecule has 0 aromatic heterocycles. The molecule has 1 N–H and O–H groups in total. The number of carbonyl (C=O) groups is 1. The summed E-state index contributed by atoms with van der Waals surface area (Å²) in [6, 6.07) is 9.18. The van der Waals surface area contributed by atoms with Crippen LogP contribution in [0.4, 0.5) is 5.69 Å². The standard InChI is InChI=1S/C10H10N2OS/c1-7-9(13)12(10(14)11-7)8-5-3-2-4-6-8/h2-7H,1H3,(H,11,14). The number of hydrogen-bond donors (Lipinski definition) is 1. The summed E-state index contributed by atoms with van der Waals surface area (Å²) in [6.45, 7) is 1.80. The molecule has 1 amide bonds. The Kier molecular flexibility index (Phi) is 2.21. The minimum absolute atomic E-state index is 0.00111. The lowest BCUT2D eigenvalue weighted by molar-refractivity contribution is -0.117. The third-order valence-electron chi connectivity index (χ3n) is 2.15. The van der Waals surface area contributed by atoms with Crippen molar-refractivity contribution in [3.8, 4) is 0 Å². The fraction of sp³-hybridized carbons (Fsp3) is 0.200. The van der Waals surface area contributed by atoms with Crippen molar-refractivity contribution in [1.82, 2.24) is 5.32 Å². The van der Waals surface area contributed by atoms with E-state index >= 15 is 0 Å². The summed E-state index contributed by atoms with van der Waals surface area (Å²) in [4.78, 5) is 13.2. The van der Waals surface area contributed by atoms with Gasteiger partial charge in [-0.25, -0.2) is 0 Å². The Morgan fingerprint density at radius 1 is 1.36 bits per heavy atom. The third kappa shape index (κ3) is 1.37. The number of amides is 1. The molecule has 0 aliphatic carbocycles. The van der Waals surface area contributed by atoms with Gasteiger partial charge in [0.15, 0.2) is 5.11 Å². The van der Waals surface area contributed by atoms with E-state index in [4.69, 9.17) is 12.2 Å². The second-order valence-corrected chi connectivity index (χ2v) is 3.57. The molecule has 4 heteroatoms. The summed E-state index contributed by atoms with van der Waals surface area (Å²) in [5, 5.41) is 3.40. The van der Waals surface area contributed by atoms with Gasteiger partial charge in [0.1, 0.15) is 6.04 Å². The molecule has 14 heavy (non-hydrogen) atoms. The van der Waals surface area contributed by atoms with E-state index in [0.29, 0.717) is 5.11 Å². The molecule has 1 atom stereocenters. The smallest absolute Gasteiger partial charge is 0.255 e. The lowest BCUT2D eigenvalue weighted by Crippen LogP contribution is -2.30. The van der Waals surface area contributed by atoms with Crippen LogP contribution in [0.5, 0.6) is 0 Å². The van der Waals surface area contributed by atoms with Crippen molar-refractivity contribution in [3.05, 3.63) is 30.3 Å². The van der Waals surface area contributed by atoms with Gasteiger partial charge < -0.3 is 5.32 Å². The number of anilines is 1. The average Bonchev–Trinajstić information content (AvgIpc) is 2.43. The molecular weight excluding hydrogens is 196 g/mol. The first-order valence-corrected chi connectivity index (χ1v) is 4.80. The second-order valence-electron chi connectivity index (χ2n) is 3.18. The number of carbonyl (C=O) groups excluding carboxylic acids is 1. The van der Waals surface area contributed by atoms with Crippen LogP contribution in [-0.2, 0) is 4.79 Å². The van der Waals surface area contributed by atoms with Crippen molar-refractivity contribution >= 4 is 28.9 Å².